The number of piperazine rings is 1. The van der Waals surface area contributed by atoms with Crippen LogP contribution in [0.4, 0.5) is 5.13 Å². The minimum atomic E-state index is -0.126. The van der Waals surface area contributed by atoms with Crippen molar-refractivity contribution in [2.24, 2.45) is 0 Å². The first-order valence-corrected chi connectivity index (χ1v) is 11.6. The van der Waals surface area contributed by atoms with Crippen molar-refractivity contribution in [1.82, 2.24) is 19.6 Å². The molecule has 1 aliphatic heterocycles. The molecule has 0 atom stereocenters. The molecular formula is C23H26ClN5OS. The van der Waals surface area contributed by atoms with Crippen molar-refractivity contribution in [3.8, 4) is 0 Å². The van der Waals surface area contributed by atoms with Crippen LogP contribution in [0.15, 0.2) is 48.5 Å². The Labute approximate surface area is 192 Å². The molecule has 1 fully saturated rings. The van der Waals surface area contributed by atoms with Gasteiger partial charge >= 0.3 is 0 Å². The van der Waals surface area contributed by atoms with Crippen LogP contribution >= 0.6 is 23.1 Å². The third-order valence-electron chi connectivity index (χ3n) is 5.42. The molecule has 0 spiro atoms. The van der Waals surface area contributed by atoms with E-state index in [-0.39, 0.29) is 5.91 Å². The number of carbonyl (C=O) groups excluding carboxylic acids is 1. The van der Waals surface area contributed by atoms with Crippen molar-refractivity contribution in [2.75, 3.05) is 44.2 Å². The highest BCUT2D eigenvalue weighted by molar-refractivity contribution is 7.09. The van der Waals surface area contributed by atoms with Crippen molar-refractivity contribution >= 4 is 34.2 Å². The maximum Gasteiger partial charge on any atom is 0.252 e. The van der Waals surface area contributed by atoms with E-state index in [4.69, 9.17) is 16.6 Å². The van der Waals surface area contributed by atoms with Crippen molar-refractivity contribution in [3.63, 3.8) is 0 Å². The van der Waals surface area contributed by atoms with Crippen LogP contribution in [0.25, 0.3) is 0 Å². The number of halogens is 1. The van der Waals surface area contributed by atoms with E-state index in [1.807, 2.05) is 12.1 Å². The maximum atomic E-state index is 12.3. The molecule has 1 saturated heterocycles. The first-order chi connectivity index (χ1) is 15.1. The maximum absolute atomic E-state index is 12.3. The summed E-state index contributed by atoms with van der Waals surface area (Å²) in [5.41, 5.74) is 3.02. The Morgan fingerprint density at radius 2 is 1.84 bits per heavy atom. The van der Waals surface area contributed by atoms with Gasteiger partial charge in [-0.15, -0.1) is 0 Å². The number of nitrogens with one attached hydrogen (secondary N) is 1. The highest BCUT2D eigenvalue weighted by Gasteiger charge is 2.20. The smallest absolute Gasteiger partial charge is 0.252 e. The monoisotopic (exact) mass is 455 g/mol. The van der Waals surface area contributed by atoms with Gasteiger partial charge in [-0.3, -0.25) is 9.69 Å². The molecule has 0 saturated carbocycles. The van der Waals surface area contributed by atoms with E-state index in [9.17, 15) is 4.79 Å². The van der Waals surface area contributed by atoms with E-state index < -0.39 is 0 Å². The Morgan fingerprint density at radius 3 is 2.58 bits per heavy atom. The quantitative estimate of drug-likeness (QED) is 0.589. The number of amides is 1. The topological polar surface area (TPSA) is 61.4 Å². The van der Waals surface area contributed by atoms with Crippen LogP contribution in [0.2, 0.25) is 5.02 Å². The van der Waals surface area contributed by atoms with E-state index >= 15 is 0 Å². The van der Waals surface area contributed by atoms with E-state index in [1.165, 1.54) is 22.7 Å². The van der Waals surface area contributed by atoms with E-state index in [2.05, 4.69) is 50.7 Å². The number of aryl methyl sites for hydroxylation is 1. The molecule has 2 aromatic carbocycles. The van der Waals surface area contributed by atoms with Gasteiger partial charge in [0.15, 0.2) is 0 Å². The SMILES string of the molecule is Cc1ccc(Cc2nsc(N3CCN(CCNC(=O)c4ccccc4Cl)CC3)n2)cc1. The molecule has 1 aromatic heterocycles. The van der Waals surface area contributed by atoms with E-state index in [0.29, 0.717) is 17.1 Å². The van der Waals surface area contributed by atoms with Crippen LogP contribution in [0.5, 0.6) is 0 Å². The summed E-state index contributed by atoms with van der Waals surface area (Å²) in [6.07, 6.45) is 0.766. The Kier molecular flexibility index (Phi) is 7.17. The predicted molar refractivity (Wildman–Crippen MR) is 126 cm³/mol. The van der Waals surface area contributed by atoms with Crippen LogP contribution in [0.3, 0.4) is 0 Å². The average molecular weight is 456 g/mol. The number of hydrogen-bond acceptors (Lipinski definition) is 6. The lowest BCUT2D eigenvalue weighted by molar-refractivity contribution is 0.0948. The lowest BCUT2D eigenvalue weighted by Gasteiger charge is -2.34. The number of benzene rings is 2. The van der Waals surface area contributed by atoms with E-state index in [0.717, 1.165) is 50.1 Å². The molecular weight excluding hydrogens is 430 g/mol. The lowest BCUT2D eigenvalue weighted by atomic mass is 10.1. The van der Waals surface area contributed by atoms with Gasteiger partial charge in [0.25, 0.3) is 5.91 Å². The first-order valence-electron chi connectivity index (χ1n) is 10.5. The summed E-state index contributed by atoms with van der Waals surface area (Å²) in [7, 11) is 0. The molecule has 3 aromatic rings. The standard InChI is InChI=1S/C23H26ClN5OS/c1-17-6-8-18(9-7-17)16-21-26-23(31-27-21)29-14-12-28(13-15-29)11-10-25-22(30)19-4-2-3-5-20(19)24/h2-9H,10-16H2,1H3,(H,25,30). The number of carbonyl (C=O) groups is 1. The molecule has 1 amide bonds. The third-order valence-corrected chi connectivity index (χ3v) is 6.56. The largest absolute Gasteiger partial charge is 0.351 e. The van der Waals surface area contributed by atoms with Crippen molar-refractivity contribution in [2.45, 2.75) is 13.3 Å². The number of hydrogen-bond donors (Lipinski definition) is 1. The summed E-state index contributed by atoms with van der Waals surface area (Å²) in [6, 6.07) is 15.6. The Bertz CT molecular complexity index is 1010. The van der Waals surface area contributed by atoms with Crippen molar-refractivity contribution < 1.29 is 4.79 Å². The zero-order chi connectivity index (χ0) is 21.6. The van der Waals surface area contributed by atoms with Gasteiger partial charge in [0, 0.05) is 57.2 Å². The fourth-order valence-corrected chi connectivity index (χ4v) is 4.52. The molecule has 0 aliphatic carbocycles. The van der Waals surface area contributed by atoms with E-state index in [1.54, 1.807) is 12.1 Å². The highest BCUT2D eigenvalue weighted by atomic mass is 35.5. The van der Waals surface area contributed by atoms with Gasteiger partial charge in [-0.05, 0) is 24.6 Å². The Hall–Kier alpha value is -2.48. The fourth-order valence-electron chi connectivity index (χ4n) is 3.56. The van der Waals surface area contributed by atoms with Gasteiger partial charge in [0.2, 0.25) is 5.13 Å². The second-order valence-corrected chi connectivity index (χ2v) is 8.86. The molecule has 0 radical (unpaired) electrons. The van der Waals surface area contributed by atoms with Crippen LogP contribution in [-0.4, -0.2) is 59.4 Å². The highest BCUT2D eigenvalue weighted by Crippen LogP contribution is 2.20. The molecule has 8 heteroatoms. The summed E-state index contributed by atoms with van der Waals surface area (Å²) >= 11 is 7.56. The lowest BCUT2D eigenvalue weighted by Crippen LogP contribution is -2.48. The zero-order valence-corrected chi connectivity index (χ0v) is 19.1. The summed E-state index contributed by atoms with van der Waals surface area (Å²) in [5, 5.41) is 4.43. The Morgan fingerprint density at radius 1 is 1.10 bits per heavy atom. The van der Waals surface area contributed by atoms with Crippen molar-refractivity contribution in [1.29, 1.82) is 0 Å². The zero-order valence-electron chi connectivity index (χ0n) is 17.6. The molecule has 4 rings (SSSR count). The number of nitrogens with zero attached hydrogens (tertiary/aromatic N) is 4. The predicted octanol–water partition coefficient (Wildman–Crippen LogP) is 3.64. The van der Waals surface area contributed by atoms with Gasteiger partial charge in [-0.2, -0.15) is 4.37 Å². The van der Waals surface area contributed by atoms with Crippen LogP contribution in [0, 0.1) is 6.92 Å². The fraction of sp³-hybridized carbons (Fsp3) is 0.348. The molecule has 1 N–H and O–H groups in total. The molecule has 2 heterocycles. The second kappa shape index (κ2) is 10.2. The normalized spacial score (nSPS) is 14.6. The van der Waals surface area contributed by atoms with Gasteiger partial charge in [-0.25, -0.2) is 4.98 Å². The van der Waals surface area contributed by atoms with Crippen LogP contribution in [-0.2, 0) is 6.42 Å². The number of aromatic nitrogens is 2. The summed E-state index contributed by atoms with van der Waals surface area (Å²) in [5.74, 6) is 0.757. The van der Waals surface area contributed by atoms with Crippen LogP contribution < -0.4 is 10.2 Å². The number of anilines is 1. The third kappa shape index (κ3) is 5.81. The minimum Gasteiger partial charge on any atom is -0.351 e. The molecule has 0 unspecified atom stereocenters. The first kappa shape index (κ1) is 21.7. The molecule has 31 heavy (non-hydrogen) atoms. The molecule has 162 valence electrons. The average Bonchev–Trinajstić information content (AvgIpc) is 3.24. The Balaban J connectivity index is 1.21. The van der Waals surface area contributed by atoms with Gasteiger partial charge in [0.05, 0.1) is 10.6 Å². The molecule has 1 aliphatic rings. The number of rotatable bonds is 7. The molecule has 6 nitrogen and oxygen atoms in total. The summed E-state index contributed by atoms with van der Waals surface area (Å²) < 4.78 is 4.55. The van der Waals surface area contributed by atoms with Gasteiger partial charge in [-0.1, -0.05) is 53.6 Å². The van der Waals surface area contributed by atoms with Gasteiger partial charge < -0.3 is 10.2 Å². The second-order valence-electron chi connectivity index (χ2n) is 7.72. The van der Waals surface area contributed by atoms with Crippen molar-refractivity contribution in [3.05, 3.63) is 76.1 Å². The minimum absolute atomic E-state index is 0.126. The van der Waals surface area contributed by atoms with Crippen LogP contribution in [0.1, 0.15) is 27.3 Å². The summed E-state index contributed by atoms with van der Waals surface area (Å²) in [4.78, 5) is 21.7. The molecule has 0 bridgehead atoms. The van der Waals surface area contributed by atoms with Gasteiger partial charge in [0.1, 0.15) is 5.82 Å². The summed E-state index contributed by atoms with van der Waals surface area (Å²) in [6.45, 7) is 7.22.